The van der Waals surface area contributed by atoms with Gasteiger partial charge in [-0.15, -0.1) is 0 Å². The molecule has 146 valence electrons. The van der Waals surface area contributed by atoms with Crippen LogP contribution >= 0.6 is 0 Å². The largest absolute Gasteiger partial charge is 0.493 e. The van der Waals surface area contributed by atoms with Gasteiger partial charge in [-0.05, 0) is 18.1 Å². The number of amides is 1. The summed E-state index contributed by atoms with van der Waals surface area (Å²) in [6, 6.07) is 2.29. The molecule has 1 heterocycles. The maximum Gasteiger partial charge on any atom is 0.326 e. The maximum absolute atomic E-state index is 12.8. The normalized spacial score (nSPS) is 13.0. The summed E-state index contributed by atoms with van der Waals surface area (Å²) in [5.74, 6) is -1.36. The molecule has 0 aliphatic carbocycles. The van der Waals surface area contributed by atoms with Gasteiger partial charge < -0.3 is 19.9 Å². The first kappa shape index (κ1) is 20.2. The van der Waals surface area contributed by atoms with Crippen molar-refractivity contribution in [2.45, 2.75) is 32.9 Å². The molecule has 0 bridgehead atoms. The van der Waals surface area contributed by atoms with E-state index in [0.29, 0.717) is 17.6 Å². The van der Waals surface area contributed by atoms with Crippen LogP contribution in [-0.2, 0) is 16.1 Å². The molecule has 0 aliphatic rings. The second-order valence-corrected chi connectivity index (χ2v) is 6.14. The Bertz CT molecular complexity index is 908. The Balaban J connectivity index is 2.36. The van der Waals surface area contributed by atoms with Crippen molar-refractivity contribution in [2.75, 3.05) is 14.2 Å². The van der Waals surface area contributed by atoms with Crippen molar-refractivity contribution in [2.24, 2.45) is 5.92 Å². The molecular weight excluding hydrogens is 354 g/mol. The van der Waals surface area contributed by atoms with E-state index in [9.17, 15) is 19.5 Å². The minimum Gasteiger partial charge on any atom is -0.493 e. The minimum atomic E-state index is -1.12. The molecule has 0 saturated carbocycles. The van der Waals surface area contributed by atoms with Crippen molar-refractivity contribution in [3.63, 3.8) is 0 Å². The van der Waals surface area contributed by atoms with Crippen LogP contribution in [0.4, 0.5) is 0 Å². The van der Waals surface area contributed by atoms with Gasteiger partial charge in [-0.1, -0.05) is 20.3 Å². The smallest absolute Gasteiger partial charge is 0.326 e. The summed E-state index contributed by atoms with van der Waals surface area (Å²) in [5, 5.41) is 16.5. The number of benzene rings is 1. The number of carbonyl (C=O) groups is 2. The lowest BCUT2D eigenvalue weighted by Gasteiger charge is -2.20. The highest BCUT2D eigenvalue weighted by Gasteiger charge is 2.25. The molecular formula is C18H23N3O6. The summed E-state index contributed by atoms with van der Waals surface area (Å²) >= 11 is 0. The van der Waals surface area contributed by atoms with E-state index in [1.165, 1.54) is 20.4 Å². The van der Waals surface area contributed by atoms with Gasteiger partial charge >= 0.3 is 5.97 Å². The highest BCUT2D eigenvalue weighted by Crippen LogP contribution is 2.32. The fourth-order valence-corrected chi connectivity index (χ4v) is 2.73. The van der Waals surface area contributed by atoms with E-state index < -0.39 is 30.0 Å². The highest BCUT2D eigenvalue weighted by atomic mass is 16.5. The van der Waals surface area contributed by atoms with E-state index in [2.05, 4.69) is 10.4 Å². The van der Waals surface area contributed by atoms with Crippen LogP contribution < -0.4 is 20.3 Å². The van der Waals surface area contributed by atoms with Gasteiger partial charge in [0.1, 0.15) is 12.6 Å². The standard InChI is InChI=1S/C18H23N3O6/c1-5-10(2)15(18(24)25)20-13(22)9-21-17(23)14-11(8-19-21)6-7-12(26-3)16(14)27-4/h6-8,10,15H,5,9H2,1-4H3,(H,20,22)(H,24,25). The predicted molar refractivity (Wildman–Crippen MR) is 98.1 cm³/mol. The van der Waals surface area contributed by atoms with Crippen LogP contribution in [0, 0.1) is 5.92 Å². The van der Waals surface area contributed by atoms with E-state index in [1.54, 1.807) is 19.1 Å². The van der Waals surface area contributed by atoms with Crippen LogP contribution in [0.3, 0.4) is 0 Å². The van der Waals surface area contributed by atoms with Crippen molar-refractivity contribution in [1.29, 1.82) is 0 Å². The van der Waals surface area contributed by atoms with Crippen LogP contribution in [0.5, 0.6) is 11.5 Å². The number of carboxylic acid groups (broad SMARTS) is 1. The zero-order valence-electron chi connectivity index (χ0n) is 15.7. The Hall–Kier alpha value is -3.10. The third kappa shape index (κ3) is 4.18. The fourth-order valence-electron chi connectivity index (χ4n) is 2.73. The van der Waals surface area contributed by atoms with E-state index in [-0.39, 0.29) is 17.1 Å². The zero-order valence-corrected chi connectivity index (χ0v) is 15.7. The van der Waals surface area contributed by atoms with E-state index in [0.717, 1.165) is 4.68 Å². The number of carboxylic acids is 1. The SMILES string of the molecule is CCC(C)C(NC(=O)Cn1ncc2ccc(OC)c(OC)c2c1=O)C(=O)O. The van der Waals surface area contributed by atoms with Gasteiger partial charge in [0.05, 0.1) is 25.8 Å². The molecule has 1 aromatic heterocycles. The molecule has 27 heavy (non-hydrogen) atoms. The molecule has 0 aliphatic heterocycles. The second-order valence-electron chi connectivity index (χ2n) is 6.14. The lowest BCUT2D eigenvalue weighted by molar-refractivity contribution is -0.143. The van der Waals surface area contributed by atoms with Crippen LogP contribution in [0.15, 0.2) is 23.1 Å². The molecule has 2 N–H and O–H groups in total. The second kappa shape index (κ2) is 8.52. The molecule has 2 atom stereocenters. The summed E-state index contributed by atoms with van der Waals surface area (Å²) in [7, 11) is 2.87. The molecule has 2 rings (SSSR count). The number of ether oxygens (including phenoxy) is 2. The number of hydrogen-bond donors (Lipinski definition) is 2. The fraction of sp³-hybridized carbons (Fsp3) is 0.444. The van der Waals surface area contributed by atoms with Gasteiger partial charge in [-0.3, -0.25) is 9.59 Å². The molecule has 0 saturated heterocycles. The Morgan fingerprint density at radius 3 is 2.56 bits per heavy atom. The third-order valence-corrected chi connectivity index (χ3v) is 4.45. The average Bonchev–Trinajstić information content (AvgIpc) is 2.66. The molecule has 0 spiro atoms. The lowest BCUT2D eigenvalue weighted by atomic mass is 9.99. The quantitative estimate of drug-likeness (QED) is 0.705. The van der Waals surface area contributed by atoms with Crippen LogP contribution in [-0.4, -0.2) is 47.0 Å². The molecule has 0 radical (unpaired) electrons. The number of fused-ring (bicyclic) bond motifs is 1. The number of hydrogen-bond acceptors (Lipinski definition) is 6. The average molecular weight is 377 g/mol. The Labute approximate surface area is 155 Å². The van der Waals surface area contributed by atoms with Crippen LogP contribution in [0.25, 0.3) is 10.8 Å². The molecule has 9 nitrogen and oxygen atoms in total. The van der Waals surface area contributed by atoms with E-state index in [1.807, 2.05) is 6.92 Å². The number of rotatable bonds is 8. The zero-order chi connectivity index (χ0) is 20.1. The minimum absolute atomic E-state index is 0.233. The number of aromatic nitrogens is 2. The van der Waals surface area contributed by atoms with Crippen molar-refractivity contribution in [3.05, 3.63) is 28.7 Å². The molecule has 1 amide bonds. The Kier molecular flexibility index (Phi) is 6.38. The first-order chi connectivity index (χ1) is 12.8. The van der Waals surface area contributed by atoms with Gasteiger partial charge in [0.15, 0.2) is 11.5 Å². The molecule has 1 aromatic carbocycles. The molecule has 2 aromatic rings. The van der Waals surface area contributed by atoms with Crippen molar-refractivity contribution in [3.8, 4) is 11.5 Å². The van der Waals surface area contributed by atoms with E-state index >= 15 is 0 Å². The summed E-state index contributed by atoms with van der Waals surface area (Å²) in [5.41, 5.74) is -0.534. The number of nitrogens with zero attached hydrogens (tertiary/aromatic N) is 2. The van der Waals surface area contributed by atoms with Gasteiger partial charge in [0.2, 0.25) is 5.91 Å². The monoisotopic (exact) mass is 377 g/mol. The predicted octanol–water partition coefficient (Wildman–Crippen LogP) is 1.03. The summed E-state index contributed by atoms with van der Waals surface area (Å²) in [6.07, 6.45) is 2.03. The third-order valence-electron chi connectivity index (χ3n) is 4.45. The van der Waals surface area contributed by atoms with Crippen molar-refractivity contribution < 1.29 is 24.2 Å². The number of nitrogens with one attached hydrogen (secondary N) is 1. The lowest BCUT2D eigenvalue weighted by Crippen LogP contribution is -2.47. The molecule has 2 unspecified atom stereocenters. The van der Waals surface area contributed by atoms with Gasteiger partial charge in [0.25, 0.3) is 5.56 Å². The Morgan fingerprint density at radius 1 is 1.30 bits per heavy atom. The van der Waals surface area contributed by atoms with Gasteiger partial charge in [0, 0.05) is 5.39 Å². The van der Waals surface area contributed by atoms with Gasteiger partial charge in [-0.2, -0.15) is 5.10 Å². The summed E-state index contributed by atoms with van der Waals surface area (Å²) in [4.78, 5) is 36.4. The van der Waals surface area contributed by atoms with Crippen LogP contribution in [0.2, 0.25) is 0 Å². The summed E-state index contributed by atoms with van der Waals surface area (Å²) in [6.45, 7) is 3.16. The van der Waals surface area contributed by atoms with Crippen LogP contribution in [0.1, 0.15) is 20.3 Å². The topological polar surface area (TPSA) is 120 Å². The first-order valence-corrected chi connectivity index (χ1v) is 8.47. The van der Waals surface area contributed by atoms with Gasteiger partial charge in [-0.25, -0.2) is 9.48 Å². The molecule has 0 fully saturated rings. The maximum atomic E-state index is 12.8. The number of carbonyl (C=O) groups excluding carboxylic acids is 1. The Morgan fingerprint density at radius 2 is 2.00 bits per heavy atom. The summed E-state index contributed by atoms with van der Waals surface area (Å²) < 4.78 is 11.5. The number of aliphatic carboxylic acids is 1. The first-order valence-electron chi connectivity index (χ1n) is 8.47. The number of methoxy groups -OCH3 is 2. The molecule has 9 heteroatoms. The highest BCUT2D eigenvalue weighted by molar-refractivity contribution is 5.89. The van der Waals surface area contributed by atoms with Crippen molar-refractivity contribution in [1.82, 2.24) is 15.1 Å². The van der Waals surface area contributed by atoms with Crippen molar-refractivity contribution >= 4 is 22.6 Å². The van der Waals surface area contributed by atoms with E-state index in [4.69, 9.17) is 9.47 Å².